The molecule has 2 aromatic rings. The number of rotatable bonds is 6. The van der Waals surface area contributed by atoms with Crippen molar-refractivity contribution in [2.45, 2.75) is 58.3 Å². The number of hydrogen-bond acceptors (Lipinski definition) is 9. The molecule has 1 aromatic heterocycles. The van der Waals surface area contributed by atoms with Crippen LogP contribution >= 0.6 is 0 Å². The third-order valence-corrected chi connectivity index (χ3v) is 6.21. The van der Waals surface area contributed by atoms with Crippen molar-refractivity contribution in [3.8, 4) is 0 Å². The standard InChI is InChI=1S/C23H32N8O2/c1-18(19-10-12-20(13-11-19)31(32)33)27-28-21-24-22(29-14-6-2-3-7-15-29)26-23(25-21)30-16-8-4-5-9-17-30/h10-13H,2-9,14-17H2,1H3,(H,24,25,26,28). The molecule has 2 aliphatic heterocycles. The van der Waals surface area contributed by atoms with Gasteiger partial charge in [-0.1, -0.05) is 25.7 Å². The summed E-state index contributed by atoms with van der Waals surface area (Å²) in [6, 6.07) is 6.34. The van der Waals surface area contributed by atoms with Crippen molar-refractivity contribution in [2.24, 2.45) is 5.10 Å². The van der Waals surface area contributed by atoms with E-state index in [4.69, 9.17) is 4.98 Å². The van der Waals surface area contributed by atoms with Gasteiger partial charge in [0.25, 0.3) is 5.69 Å². The van der Waals surface area contributed by atoms with E-state index in [0.717, 1.165) is 57.4 Å². The molecule has 2 aliphatic rings. The van der Waals surface area contributed by atoms with Gasteiger partial charge in [0.1, 0.15) is 0 Å². The maximum atomic E-state index is 10.9. The van der Waals surface area contributed by atoms with Gasteiger partial charge in [0.15, 0.2) is 0 Å². The molecule has 0 spiro atoms. The highest BCUT2D eigenvalue weighted by Gasteiger charge is 2.19. The van der Waals surface area contributed by atoms with Crippen LogP contribution < -0.4 is 15.2 Å². The Hall–Kier alpha value is -3.30. The van der Waals surface area contributed by atoms with Gasteiger partial charge in [0.05, 0.1) is 10.6 Å². The quantitative estimate of drug-likeness (QED) is 0.390. The largest absolute Gasteiger partial charge is 0.341 e. The summed E-state index contributed by atoms with van der Waals surface area (Å²) < 4.78 is 0. The van der Waals surface area contributed by atoms with Crippen molar-refractivity contribution < 1.29 is 4.92 Å². The van der Waals surface area contributed by atoms with Crippen LogP contribution in [0.15, 0.2) is 29.4 Å². The molecule has 2 saturated heterocycles. The second kappa shape index (κ2) is 11.0. The van der Waals surface area contributed by atoms with E-state index in [1.807, 2.05) is 6.92 Å². The molecular formula is C23H32N8O2. The second-order valence-corrected chi connectivity index (χ2v) is 8.67. The Bertz CT molecular complexity index is 925. The molecule has 0 radical (unpaired) electrons. The fourth-order valence-electron chi connectivity index (χ4n) is 4.25. The Morgan fingerprint density at radius 3 is 1.79 bits per heavy atom. The smallest absolute Gasteiger partial charge is 0.269 e. The summed E-state index contributed by atoms with van der Waals surface area (Å²) in [5, 5.41) is 15.3. The fourth-order valence-corrected chi connectivity index (χ4v) is 4.25. The minimum Gasteiger partial charge on any atom is -0.341 e. The number of nitrogens with zero attached hydrogens (tertiary/aromatic N) is 7. The van der Waals surface area contributed by atoms with Crippen LogP contribution in [0.2, 0.25) is 0 Å². The van der Waals surface area contributed by atoms with Gasteiger partial charge in [-0.05, 0) is 50.3 Å². The van der Waals surface area contributed by atoms with E-state index in [-0.39, 0.29) is 5.69 Å². The maximum Gasteiger partial charge on any atom is 0.269 e. The first kappa shape index (κ1) is 22.9. The van der Waals surface area contributed by atoms with Crippen molar-refractivity contribution in [3.05, 3.63) is 39.9 Å². The molecule has 10 heteroatoms. The first-order chi connectivity index (χ1) is 16.1. The van der Waals surface area contributed by atoms with Crippen molar-refractivity contribution in [3.63, 3.8) is 0 Å². The number of hydrogen-bond donors (Lipinski definition) is 1. The van der Waals surface area contributed by atoms with Crippen molar-refractivity contribution in [1.29, 1.82) is 0 Å². The number of nitro groups is 1. The van der Waals surface area contributed by atoms with Crippen molar-refractivity contribution >= 4 is 29.2 Å². The Labute approximate surface area is 194 Å². The lowest BCUT2D eigenvalue weighted by molar-refractivity contribution is -0.384. The topological polar surface area (TPSA) is 113 Å². The van der Waals surface area contributed by atoms with Crippen LogP contribution in [-0.4, -0.2) is 51.8 Å². The zero-order valence-corrected chi connectivity index (χ0v) is 19.2. The molecule has 176 valence electrons. The average molecular weight is 453 g/mol. The third kappa shape index (κ3) is 6.15. The van der Waals surface area contributed by atoms with Crippen molar-refractivity contribution in [1.82, 2.24) is 15.0 Å². The molecule has 33 heavy (non-hydrogen) atoms. The number of nitro benzene ring substituents is 1. The molecule has 0 saturated carbocycles. The molecule has 1 N–H and O–H groups in total. The minimum absolute atomic E-state index is 0.0566. The molecule has 3 heterocycles. The number of nitrogens with one attached hydrogen (secondary N) is 1. The zero-order valence-electron chi connectivity index (χ0n) is 19.2. The predicted molar refractivity (Wildman–Crippen MR) is 130 cm³/mol. The number of aromatic nitrogens is 3. The van der Waals surface area contributed by atoms with Gasteiger partial charge >= 0.3 is 0 Å². The van der Waals surface area contributed by atoms with Gasteiger partial charge in [-0.2, -0.15) is 20.1 Å². The number of hydrazone groups is 1. The van der Waals surface area contributed by atoms with Crippen LogP contribution in [0.4, 0.5) is 23.5 Å². The normalized spacial score (nSPS) is 17.9. The molecule has 1 aromatic carbocycles. The summed E-state index contributed by atoms with van der Waals surface area (Å²) >= 11 is 0. The van der Waals surface area contributed by atoms with Crippen LogP contribution in [0, 0.1) is 10.1 Å². The van der Waals surface area contributed by atoms with Crippen LogP contribution in [-0.2, 0) is 0 Å². The predicted octanol–water partition coefficient (Wildman–Crippen LogP) is 4.38. The monoisotopic (exact) mass is 452 g/mol. The molecule has 2 fully saturated rings. The molecule has 10 nitrogen and oxygen atoms in total. The lowest BCUT2D eigenvalue weighted by Gasteiger charge is -2.24. The van der Waals surface area contributed by atoms with Crippen LogP contribution in [0.5, 0.6) is 0 Å². The molecule has 0 amide bonds. The van der Waals surface area contributed by atoms with Crippen LogP contribution in [0.1, 0.15) is 63.9 Å². The molecule has 0 unspecified atom stereocenters. The van der Waals surface area contributed by atoms with Gasteiger partial charge in [0, 0.05) is 38.3 Å². The number of anilines is 3. The highest BCUT2D eigenvalue weighted by molar-refractivity contribution is 5.99. The summed E-state index contributed by atoms with van der Waals surface area (Å²) in [7, 11) is 0. The maximum absolute atomic E-state index is 10.9. The average Bonchev–Trinajstić information content (AvgIpc) is 3.28. The summed E-state index contributed by atoms with van der Waals surface area (Å²) in [6.07, 6.45) is 9.54. The van der Waals surface area contributed by atoms with Gasteiger partial charge in [0.2, 0.25) is 17.8 Å². The molecular weight excluding hydrogens is 420 g/mol. The molecule has 0 bridgehead atoms. The molecule has 4 rings (SSSR count). The van der Waals surface area contributed by atoms with E-state index < -0.39 is 4.92 Å². The Kier molecular flexibility index (Phi) is 7.64. The first-order valence-electron chi connectivity index (χ1n) is 11.9. The van der Waals surface area contributed by atoms with E-state index in [1.165, 1.54) is 37.8 Å². The SMILES string of the molecule is CC(=NNc1nc(N2CCCCCC2)nc(N2CCCCCC2)n1)c1ccc([N+](=O)[O-])cc1. The summed E-state index contributed by atoms with van der Waals surface area (Å²) in [6.45, 7) is 5.66. The Balaban J connectivity index is 1.58. The lowest BCUT2D eigenvalue weighted by atomic mass is 10.1. The first-order valence-corrected chi connectivity index (χ1v) is 11.9. The van der Waals surface area contributed by atoms with Gasteiger partial charge < -0.3 is 9.80 Å². The van der Waals surface area contributed by atoms with E-state index in [2.05, 4.69) is 30.3 Å². The van der Waals surface area contributed by atoms with E-state index >= 15 is 0 Å². The molecule has 0 atom stereocenters. The van der Waals surface area contributed by atoms with Gasteiger partial charge in [-0.25, -0.2) is 5.43 Å². The van der Waals surface area contributed by atoms with Gasteiger partial charge in [-0.3, -0.25) is 10.1 Å². The summed E-state index contributed by atoms with van der Waals surface area (Å²) in [5.41, 5.74) is 4.55. The Morgan fingerprint density at radius 1 is 0.848 bits per heavy atom. The fraction of sp³-hybridized carbons (Fsp3) is 0.565. The second-order valence-electron chi connectivity index (χ2n) is 8.67. The number of benzene rings is 1. The summed E-state index contributed by atoms with van der Waals surface area (Å²) in [4.78, 5) is 29.2. The molecule has 0 aliphatic carbocycles. The van der Waals surface area contributed by atoms with Crippen LogP contribution in [0.25, 0.3) is 0 Å². The lowest BCUT2D eigenvalue weighted by Crippen LogP contribution is -2.30. The summed E-state index contributed by atoms with van der Waals surface area (Å²) in [5.74, 6) is 1.83. The highest BCUT2D eigenvalue weighted by Crippen LogP contribution is 2.22. The minimum atomic E-state index is -0.409. The van der Waals surface area contributed by atoms with Gasteiger partial charge in [-0.15, -0.1) is 0 Å². The zero-order chi connectivity index (χ0) is 23.0. The van der Waals surface area contributed by atoms with E-state index in [0.29, 0.717) is 23.6 Å². The van der Waals surface area contributed by atoms with E-state index in [9.17, 15) is 10.1 Å². The Morgan fingerprint density at radius 2 is 1.33 bits per heavy atom. The highest BCUT2D eigenvalue weighted by atomic mass is 16.6. The third-order valence-electron chi connectivity index (χ3n) is 6.21. The van der Waals surface area contributed by atoms with Crippen molar-refractivity contribution in [2.75, 3.05) is 41.4 Å². The van der Waals surface area contributed by atoms with Crippen LogP contribution in [0.3, 0.4) is 0 Å². The number of non-ortho nitro benzene ring substituents is 1. The van der Waals surface area contributed by atoms with E-state index in [1.54, 1.807) is 12.1 Å².